The zero-order valence-corrected chi connectivity index (χ0v) is 17.6. The molecule has 0 aliphatic rings. The number of hydrogen-bond donors (Lipinski definition) is 2. The summed E-state index contributed by atoms with van der Waals surface area (Å²) in [6, 6.07) is 7.80. The second-order valence-corrected chi connectivity index (χ2v) is 9.63. The predicted molar refractivity (Wildman–Crippen MR) is 111 cm³/mol. The van der Waals surface area contributed by atoms with Gasteiger partial charge in [0.2, 0.25) is 0 Å². The Morgan fingerprint density at radius 3 is 2.25 bits per heavy atom. The number of carboxylic acids is 1. The lowest BCUT2D eigenvalue weighted by molar-refractivity contribution is -0.134. The number of aliphatic carboxylic acids is 1. The first kappa shape index (κ1) is 22.0. The number of hydrogen-bond acceptors (Lipinski definition) is 5. The highest BCUT2D eigenvalue weighted by Crippen LogP contribution is 2.33. The van der Waals surface area contributed by atoms with Gasteiger partial charge in [-0.15, -0.1) is 0 Å². The number of carbonyl (C=O) groups is 1. The fourth-order valence-electron chi connectivity index (χ4n) is 3.32. The van der Waals surface area contributed by atoms with Gasteiger partial charge in [-0.3, -0.25) is 9.78 Å². The van der Waals surface area contributed by atoms with Gasteiger partial charge in [0.15, 0.2) is 9.84 Å². The van der Waals surface area contributed by atoms with E-state index < -0.39 is 21.6 Å². The lowest BCUT2D eigenvalue weighted by Gasteiger charge is -2.21. The molecule has 0 aliphatic heterocycles. The average molecular weight is 405 g/mol. The fourth-order valence-corrected chi connectivity index (χ4v) is 4.60. The van der Waals surface area contributed by atoms with E-state index in [0.717, 1.165) is 34.4 Å². The molecule has 1 heterocycles. The predicted octanol–water partition coefficient (Wildman–Crippen LogP) is 3.02. The highest BCUT2D eigenvalue weighted by atomic mass is 32.2. The van der Waals surface area contributed by atoms with Crippen LogP contribution in [-0.4, -0.2) is 30.2 Å². The minimum absolute atomic E-state index is 0.227. The molecule has 0 fully saturated rings. The van der Waals surface area contributed by atoms with Crippen molar-refractivity contribution in [2.75, 3.05) is 5.75 Å². The molecule has 3 N–H and O–H groups in total. The third-order valence-corrected chi connectivity index (χ3v) is 5.96. The molecule has 0 unspecified atom stereocenters. The first-order valence-electron chi connectivity index (χ1n) is 9.24. The zero-order chi connectivity index (χ0) is 21.1. The highest BCUT2D eigenvalue weighted by molar-refractivity contribution is 7.91. The molecule has 6 nitrogen and oxygen atoms in total. The Labute approximate surface area is 166 Å². The Hall–Kier alpha value is -2.25. The van der Waals surface area contributed by atoms with E-state index in [2.05, 4.69) is 18.8 Å². The van der Waals surface area contributed by atoms with Gasteiger partial charge in [-0.05, 0) is 48.4 Å². The zero-order valence-electron chi connectivity index (χ0n) is 16.8. The second kappa shape index (κ2) is 8.84. The summed E-state index contributed by atoms with van der Waals surface area (Å²) in [5.41, 5.74) is 11.6. The molecule has 0 atom stereocenters. The van der Waals surface area contributed by atoms with Crippen LogP contribution in [0.15, 0.2) is 24.3 Å². The molecule has 0 aliphatic carbocycles. The molecule has 2 rings (SSSR count). The number of benzene rings is 1. The van der Waals surface area contributed by atoms with E-state index in [1.54, 1.807) is 6.92 Å². The van der Waals surface area contributed by atoms with Crippen molar-refractivity contribution in [2.24, 2.45) is 11.7 Å². The summed E-state index contributed by atoms with van der Waals surface area (Å²) in [5.74, 6) is -2.29. The molecule has 0 radical (unpaired) electrons. The van der Waals surface area contributed by atoms with Crippen LogP contribution >= 0.6 is 0 Å². The molecule has 7 heteroatoms. The van der Waals surface area contributed by atoms with Crippen LogP contribution in [0.1, 0.15) is 41.9 Å². The van der Waals surface area contributed by atoms with Crippen molar-refractivity contribution < 1.29 is 18.3 Å². The number of aromatic nitrogens is 1. The number of sulfone groups is 1. The lowest BCUT2D eigenvalue weighted by Crippen LogP contribution is -2.20. The van der Waals surface area contributed by atoms with Crippen LogP contribution in [0.3, 0.4) is 0 Å². The molecule has 152 valence electrons. The molecule has 0 spiro atoms. The monoisotopic (exact) mass is 404 g/mol. The number of aryl methyl sites for hydroxylation is 2. The Morgan fingerprint density at radius 1 is 1.14 bits per heavy atom. The fraction of sp³-hybridized carbons (Fsp3) is 0.429. The SMILES string of the molecule is Cc1ccc(-c2c(CS(=O)(=O)CC(=O)O)c(C)nc(CC(C)C)c2CN)cc1. The Bertz CT molecular complexity index is 965. The maximum atomic E-state index is 12.4. The van der Waals surface area contributed by atoms with Crippen LogP contribution in [0.25, 0.3) is 11.1 Å². The maximum Gasteiger partial charge on any atom is 0.318 e. The summed E-state index contributed by atoms with van der Waals surface area (Å²) >= 11 is 0. The molecule has 1 aromatic heterocycles. The van der Waals surface area contributed by atoms with Gasteiger partial charge in [-0.2, -0.15) is 0 Å². The van der Waals surface area contributed by atoms with Gasteiger partial charge < -0.3 is 10.8 Å². The van der Waals surface area contributed by atoms with Gasteiger partial charge in [-0.1, -0.05) is 43.7 Å². The molecule has 0 saturated heterocycles. The number of carboxylic acid groups (broad SMARTS) is 1. The second-order valence-electron chi connectivity index (χ2n) is 7.57. The van der Waals surface area contributed by atoms with Crippen molar-refractivity contribution in [3.05, 3.63) is 52.3 Å². The van der Waals surface area contributed by atoms with Gasteiger partial charge >= 0.3 is 5.97 Å². The van der Waals surface area contributed by atoms with Crippen LogP contribution < -0.4 is 5.73 Å². The summed E-state index contributed by atoms with van der Waals surface area (Å²) in [7, 11) is -3.84. The first-order chi connectivity index (χ1) is 13.0. The topological polar surface area (TPSA) is 110 Å². The van der Waals surface area contributed by atoms with Crippen LogP contribution in [0.5, 0.6) is 0 Å². The van der Waals surface area contributed by atoms with E-state index in [9.17, 15) is 13.2 Å². The quantitative estimate of drug-likeness (QED) is 0.700. The summed E-state index contributed by atoms with van der Waals surface area (Å²) in [5, 5.41) is 8.94. The van der Waals surface area contributed by atoms with Crippen molar-refractivity contribution >= 4 is 15.8 Å². The van der Waals surface area contributed by atoms with Gasteiger partial charge in [0.05, 0.1) is 5.75 Å². The van der Waals surface area contributed by atoms with E-state index >= 15 is 0 Å². The van der Waals surface area contributed by atoms with Gasteiger partial charge in [0.1, 0.15) is 5.75 Å². The van der Waals surface area contributed by atoms with E-state index in [1.165, 1.54) is 0 Å². The normalized spacial score (nSPS) is 11.8. The smallest absolute Gasteiger partial charge is 0.318 e. The Morgan fingerprint density at radius 2 is 1.75 bits per heavy atom. The van der Waals surface area contributed by atoms with Crippen molar-refractivity contribution in [1.82, 2.24) is 4.98 Å². The number of pyridine rings is 1. The van der Waals surface area contributed by atoms with E-state index in [0.29, 0.717) is 17.2 Å². The molecule has 28 heavy (non-hydrogen) atoms. The first-order valence-corrected chi connectivity index (χ1v) is 11.1. The molecule has 0 saturated carbocycles. The number of rotatable bonds is 8. The molecule has 1 aromatic carbocycles. The third kappa shape index (κ3) is 5.39. The van der Waals surface area contributed by atoms with E-state index in [-0.39, 0.29) is 12.3 Å². The van der Waals surface area contributed by atoms with Gasteiger partial charge in [0, 0.05) is 17.9 Å². The van der Waals surface area contributed by atoms with Crippen LogP contribution in [0.4, 0.5) is 0 Å². The van der Waals surface area contributed by atoms with Crippen LogP contribution in [0.2, 0.25) is 0 Å². The molecule has 0 amide bonds. The molecule has 0 bridgehead atoms. The Kier molecular flexibility index (Phi) is 6.96. The maximum absolute atomic E-state index is 12.4. The standard InChI is InChI=1S/C21H28N2O4S/c1-13(2)9-19-17(10-22)21(16-7-5-14(3)6-8-16)18(15(4)23-19)11-28(26,27)12-20(24)25/h5-8,13H,9-12,22H2,1-4H3,(H,24,25). The molecular formula is C21H28N2O4S. The third-order valence-electron chi connectivity index (χ3n) is 4.54. The molecule has 2 aromatic rings. The van der Waals surface area contributed by atoms with Gasteiger partial charge in [-0.25, -0.2) is 8.42 Å². The van der Waals surface area contributed by atoms with Crippen molar-refractivity contribution in [3.63, 3.8) is 0 Å². The summed E-state index contributed by atoms with van der Waals surface area (Å²) < 4.78 is 24.8. The average Bonchev–Trinajstić information content (AvgIpc) is 2.56. The van der Waals surface area contributed by atoms with Crippen LogP contribution in [-0.2, 0) is 33.4 Å². The molecular weight excluding hydrogens is 376 g/mol. The minimum Gasteiger partial charge on any atom is -0.480 e. The summed E-state index contributed by atoms with van der Waals surface area (Å²) in [6.45, 7) is 8.16. The summed E-state index contributed by atoms with van der Waals surface area (Å²) in [6.07, 6.45) is 0.731. The summed E-state index contributed by atoms with van der Waals surface area (Å²) in [4.78, 5) is 15.6. The van der Waals surface area contributed by atoms with Crippen molar-refractivity contribution in [3.8, 4) is 11.1 Å². The van der Waals surface area contributed by atoms with Crippen LogP contribution in [0, 0.1) is 19.8 Å². The number of nitrogens with two attached hydrogens (primary N) is 1. The largest absolute Gasteiger partial charge is 0.480 e. The Balaban J connectivity index is 2.75. The lowest BCUT2D eigenvalue weighted by atomic mass is 9.90. The number of nitrogens with zero attached hydrogens (tertiary/aromatic N) is 1. The van der Waals surface area contributed by atoms with Gasteiger partial charge in [0.25, 0.3) is 0 Å². The minimum atomic E-state index is -3.84. The van der Waals surface area contributed by atoms with E-state index in [1.807, 2.05) is 31.2 Å². The van der Waals surface area contributed by atoms with E-state index in [4.69, 9.17) is 10.8 Å². The van der Waals surface area contributed by atoms with Crippen molar-refractivity contribution in [2.45, 2.75) is 46.4 Å². The highest BCUT2D eigenvalue weighted by Gasteiger charge is 2.24. The van der Waals surface area contributed by atoms with Crippen molar-refractivity contribution in [1.29, 1.82) is 0 Å².